The first kappa shape index (κ1) is 17.6. The molecule has 0 atom stereocenters. The van der Waals surface area contributed by atoms with E-state index in [1.54, 1.807) is 6.07 Å². The number of nitrogens with zero attached hydrogens (tertiary/aromatic N) is 5. The summed E-state index contributed by atoms with van der Waals surface area (Å²) in [5.41, 5.74) is 2.93. The molecule has 3 heterocycles. The average molecular weight is 341 g/mol. The monoisotopic (exact) mass is 341 g/mol. The molecule has 0 spiro atoms. The summed E-state index contributed by atoms with van der Waals surface area (Å²) in [7, 11) is 0. The van der Waals surface area contributed by atoms with E-state index in [0.29, 0.717) is 6.54 Å². The Bertz CT molecular complexity index is 726. The molecule has 0 aromatic carbocycles. The van der Waals surface area contributed by atoms with Crippen molar-refractivity contribution in [1.82, 2.24) is 19.9 Å². The lowest BCUT2D eigenvalue weighted by Gasteiger charge is -2.36. The molecule has 1 N–H and O–H groups in total. The van der Waals surface area contributed by atoms with E-state index in [9.17, 15) is 5.11 Å². The van der Waals surface area contributed by atoms with Gasteiger partial charge in [0.25, 0.3) is 0 Å². The molecule has 2 aromatic rings. The van der Waals surface area contributed by atoms with Gasteiger partial charge in [-0.25, -0.2) is 9.97 Å². The van der Waals surface area contributed by atoms with Gasteiger partial charge >= 0.3 is 0 Å². The van der Waals surface area contributed by atoms with Gasteiger partial charge < -0.3 is 10.0 Å². The Morgan fingerprint density at radius 2 is 1.84 bits per heavy atom. The zero-order valence-electron chi connectivity index (χ0n) is 15.4. The summed E-state index contributed by atoms with van der Waals surface area (Å²) >= 11 is 0. The van der Waals surface area contributed by atoms with Crippen molar-refractivity contribution in [1.29, 1.82) is 0 Å². The van der Waals surface area contributed by atoms with Crippen LogP contribution in [-0.4, -0.2) is 51.1 Å². The van der Waals surface area contributed by atoms with Crippen LogP contribution >= 0.6 is 0 Å². The normalized spacial score (nSPS) is 15.6. The lowest BCUT2D eigenvalue weighted by atomic mass is 10.1. The molecule has 6 heteroatoms. The fraction of sp³-hybridized carbons (Fsp3) is 0.526. The zero-order chi connectivity index (χ0) is 17.8. The number of hydrogen-bond donors (Lipinski definition) is 1. The Hall–Kier alpha value is -2.21. The maximum absolute atomic E-state index is 10.0. The van der Waals surface area contributed by atoms with Crippen molar-refractivity contribution >= 4 is 5.82 Å². The summed E-state index contributed by atoms with van der Waals surface area (Å²) in [6.45, 7) is 10.5. The third-order valence-corrected chi connectivity index (χ3v) is 4.62. The third-order valence-electron chi connectivity index (χ3n) is 4.62. The number of hydrogen-bond acceptors (Lipinski definition) is 6. The predicted molar refractivity (Wildman–Crippen MR) is 98.9 cm³/mol. The number of aromatic nitrogens is 3. The fourth-order valence-electron chi connectivity index (χ4n) is 3.25. The average Bonchev–Trinajstić information content (AvgIpc) is 2.61. The summed E-state index contributed by atoms with van der Waals surface area (Å²) in [4.78, 5) is 18.2. The van der Waals surface area contributed by atoms with Crippen molar-refractivity contribution in [3.63, 3.8) is 0 Å². The molecular formula is C19H27N5O. The van der Waals surface area contributed by atoms with E-state index >= 15 is 0 Å². The van der Waals surface area contributed by atoms with Gasteiger partial charge in [-0.2, -0.15) is 0 Å². The molecule has 1 saturated heterocycles. The van der Waals surface area contributed by atoms with Gasteiger partial charge in [0.2, 0.25) is 0 Å². The second-order valence-electron chi connectivity index (χ2n) is 6.70. The van der Waals surface area contributed by atoms with Crippen LogP contribution in [0, 0.1) is 13.8 Å². The molecule has 6 nitrogen and oxygen atoms in total. The molecule has 1 aliphatic heterocycles. The van der Waals surface area contributed by atoms with Gasteiger partial charge in [0.1, 0.15) is 17.4 Å². The van der Waals surface area contributed by atoms with Crippen LogP contribution < -0.4 is 4.90 Å². The lowest BCUT2D eigenvalue weighted by molar-refractivity contribution is 0.242. The van der Waals surface area contributed by atoms with Crippen molar-refractivity contribution in [3.05, 3.63) is 41.1 Å². The molecule has 0 aliphatic carbocycles. The van der Waals surface area contributed by atoms with Crippen molar-refractivity contribution in [3.8, 4) is 5.75 Å². The Kier molecular flexibility index (Phi) is 5.48. The molecule has 1 fully saturated rings. The van der Waals surface area contributed by atoms with E-state index in [0.717, 1.165) is 62.1 Å². The lowest BCUT2D eigenvalue weighted by Crippen LogP contribution is -2.46. The number of anilines is 1. The Morgan fingerprint density at radius 3 is 2.56 bits per heavy atom. The fourth-order valence-corrected chi connectivity index (χ4v) is 3.25. The van der Waals surface area contributed by atoms with Gasteiger partial charge in [0, 0.05) is 50.2 Å². The Labute approximate surface area is 149 Å². The molecule has 3 rings (SSSR count). The maximum Gasteiger partial charge on any atom is 0.138 e. The Balaban J connectivity index is 1.66. The van der Waals surface area contributed by atoms with E-state index in [1.807, 2.05) is 26.1 Å². The standard InChI is InChI=1S/C19H27N5O/c1-4-5-16-12-20-15(3)22-19(16)24-10-8-23(9-11-24)13-17-18(25)7-6-14(2)21-17/h6-7,12,25H,4-5,8-11,13H2,1-3H3. The molecule has 0 bridgehead atoms. The van der Waals surface area contributed by atoms with E-state index in [-0.39, 0.29) is 5.75 Å². The number of pyridine rings is 1. The number of piperazine rings is 1. The van der Waals surface area contributed by atoms with E-state index in [4.69, 9.17) is 4.98 Å². The Morgan fingerprint density at radius 1 is 1.08 bits per heavy atom. The quantitative estimate of drug-likeness (QED) is 0.901. The van der Waals surface area contributed by atoms with E-state index < -0.39 is 0 Å². The summed E-state index contributed by atoms with van der Waals surface area (Å²) in [6, 6.07) is 3.57. The topological polar surface area (TPSA) is 65.4 Å². The van der Waals surface area contributed by atoms with Gasteiger partial charge in [-0.15, -0.1) is 0 Å². The summed E-state index contributed by atoms with van der Waals surface area (Å²) in [5, 5.41) is 10.0. The van der Waals surface area contributed by atoms with Gasteiger partial charge in [-0.1, -0.05) is 13.3 Å². The molecule has 134 valence electrons. The molecule has 0 unspecified atom stereocenters. The van der Waals surface area contributed by atoms with Crippen molar-refractivity contribution in [2.24, 2.45) is 0 Å². The molecule has 0 amide bonds. The minimum atomic E-state index is 0.282. The molecule has 1 aliphatic rings. The van der Waals surface area contributed by atoms with Crippen molar-refractivity contribution < 1.29 is 5.11 Å². The summed E-state index contributed by atoms with van der Waals surface area (Å²) in [6.07, 6.45) is 4.08. The van der Waals surface area contributed by atoms with Crippen LogP contribution in [0.5, 0.6) is 5.75 Å². The molecular weight excluding hydrogens is 314 g/mol. The minimum Gasteiger partial charge on any atom is -0.506 e. The molecule has 0 radical (unpaired) electrons. The third kappa shape index (κ3) is 4.25. The molecule has 0 saturated carbocycles. The van der Waals surface area contributed by atoms with E-state index in [2.05, 4.69) is 26.7 Å². The highest BCUT2D eigenvalue weighted by atomic mass is 16.3. The van der Waals surface area contributed by atoms with Crippen LogP contribution in [0.2, 0.25) is 0 Å². The van der Waals surface area contributed by atoms with Crippen molar-refractivity contribution in [2.45, 2.75) is 40.2 Å². The summed E-state index contributed by atoms with van der Waals surface area (Å²) < 4.78 is 0. The minimum absolute atomic E-state index is 0.282. The second-order valence-corrected chi connectivity index (χ2v) is 6.70. The van der Waals surface area contributed by atoms with Crippen LogP contribution in [0.3, 0.4) is 0 Å². The van der Waals surface area contributed by atoms with Crippen LogP contribution in [0.15, 0.2) is 18.3 Å². The van der Waals surface area contributed by atoms with Crippen LogP contribution in [-0.2, 0) is 13.0 Å². The first-order valence-electron chi connectivity index (χ1n) is 9.02. The second kappa shape index (κ2) is 7.78. The highest BCUT2D eigenvalue weighted by Gasteiger charge is 2.21. The van der Waals surface area contributed by atoms with E-state index in [1.165, 1.54) is 5.56 Å². The van der Waals surface area contributed by atoms with Crippen molar-refractivity contribution in [2.75, 3.05) is 31.1 Å². The largest absolute Gasteiger partial charge is 0.506 e. The van der Waals surface area contributed by atoms with Crippen LogP contribution in [0.4, 0.5) is 5.82 Å². The van der Waals surface area contributed by atoms with Gasteiger partial charge in [0.15, 0.2) is 0 Å². The van der Waals surface area contributed by atoms with Crippen LogP contribution in [0.25, 0.3) is 0 Å². The first-order valence-corrected chi connectivity index (χ1v) is 9.02. The number of rotatable bonds is 5. The number of aryl methyl sites for hydroxylation is 3. The molecule has 25 heavy (non-hydrogen) atoms. The van der Waals surface area contributed by atoms with Gasteiger partial charge in [-0.3, -0.25) is 9.88 Å². The first-order chi connectivity index (χ1) is 12.1. The van der Waals surface area contributed by atoms with Crippen LogP contribution in [0.1, 0.15) is 36.1 Å². The number of aromatic hydroxyl groups is 1. The maximum atomic E-state index is 10.0. The molecule has 2 aromatic heterocycles. The highest BCUT2D eigenvalue weighted by molar-refractivity contribution is 5.46. The highest BCUT2D eigenvalue weighted by Crippen LogP contribution is 2.22. The summed E-state index contributed by atoms with van der Waals surface area (Å²) in [5.74, 6) is 2.20. The van der Waals surface area contributed by atoms with Gasteiger partial charge in [0.05, 0.1) is 5.69 Å². The predicted octanol–water partition coefficient (Wildman–Crippen LogP) is 2.47. The van der Waals surface area contributed by atoms with Gasteiger partial charge in [-0.05, 0) is 32.4 Å². The SMILES string of the molecule is CCCc1cnc(C)nc1N1CCN(Cc2nc(C)ccc2O)CC1. The smallest absolute Gasteiger partial charge is 0.138 e. The zero-order valence-corrected chi connectivity index (χ0v) is 15.4.